The van der Waals surface area contributed by atoms with E-state index in [2.05, 4.69) is 5.10 Å². The fourth-order valence-electron chi connectivity index (χ4n) is 1.85. The zero-order chi connectivity index (χ0) is 18.4. The van der Waals surface area contributed by atoms with E-state index >= 15 is 0 Å². The molecule has 0 atom stereocenters. The number of hydrogen-bond donors (Lipinski definition) is 2. The number of anilines is 1. The average molecular weight is 401 g/mol. The van der Waals surface area contributed by atoms with Crippen LogP contribution in [-0.4, -0.2) is 22.8 Å². The molecule has 1 heterocycles. The summed E-state index contributed by atoms with van der Waals surface area (Å²) in [7, 11) is -4.92. The van der Waals surface area contributed by atoms with Crippen molar-refractivity contribution in [2.24, 2.45) is 0 Å². The highest BCUT2D eigenvalue weighted by atomic mass is 35.5. The second-order valence-electron chi connectivity index (χ2n) is 4.35. The van der Waals surface area contributed by atoms with Crippen molar-refractivity contribution in [2.75, 3.05) is 5.73 Å². The minimum atomic E-state index is -4.92. The van der Waals surface area contributed by atoms with E-state index in [1.165, 1.54) is 6.07 Å². The Labute approximate surface area is 142 Å². The van der Waals surface area contributed by atoms with Crippen LogP contribution in [0.2, 0.25) is 10.0 Å². The molecular formula is C11H5Cl2F3N4O3S. The molecule has 0 saturated heterocycles. The van der Waals surface area contributed by atoms with Crippen molar-refractivity contribution in [3.63, 3.8) is 0 Å². The number of nitriles is 1. The van der Waals surface area contributed by atoms with Crippen LogP contribution >= 0.6 is 23.2 Å². The summed E-state index contributed by atoms with van der Waals surface area (Å²) in [5, 5.41) is 11.3. The average Bonchev–Trinajstić information content (AvgIpc) is 2.74. The molecule has 2 aromatic rings. The van der Waals surface area contributed by atoms with Gasteiger partial charge in [-0.1, -0.05) is 23.2 Å². The maximum Gasteiger partial charge on any atom is 0.416 e. The summed E-state index contributed by atoms with van der Waals surface area (Å²) < 4.78 is 70.4. The molecule has 1 aromatic heterocycles. The van der Waals surface area contributed by atoms with E-state index in [9.17, 15) is 21.6 Å². The highest BCUT2D eigenvalue weighted by Gasteiger charge is 2.33. The Morgan fingerprint density at radius 3 is 2.12 bits per heavy atom. The molecule has 0 saturated carbocycles. The maximum absolute atomic E-state index is 12.7. The van der Waals surface area contributed by atoms with Crippen molar-refractivity contribution < 1.29 is 26.1 Å². The quantitative estimate of drug-likeness (QED) is 0.747. The standard InChI is InChI=1S/C11H5Cl2F3N4O3S/c12-5-1-4(11(14,15)16)2-6(13)8(5)20-10(18)9(24(21,22)23)7(3-17)19-20/h1-2H,18H2,(H,21,22,23). The van der Waals surface area contributed by atoms with Gasteiger partial charge in [0.2, 0.25) is 0 Å². The van der Waals surface area contributed by atoms with Crippen molar-refractivity contribution in [1.29, 1.82) is 5.26 Å². The van der Waals surface area contributed by atoms with Crippen molar-refractivity contribution in [2.45, 2.75) is 11.1 Å². The normalized spacial score (nSPS) is 12.2. The van der Waals surface area contributed by atoms with Crippen molar-refractivity contribution in [3.05, 3.63) is 33.4 Å². The molecule has 0 fully saturated rings. The van der Waals surface area contributed by atoms with Gasteiger partial charge in [0.05, 0.1) is 15.6 Å². The van der Waals surface area contributed by atoms with E-state index < -0.39 is 48.3 Å². The second kappa shape index (κ2) is 5.82. The van der Waals surface area contributed by atoms with Crippen LogP contribution < -0.4 is 5.73 Å². The highest BCUT2D eigenvalue weighted by molar-refractivity contribution is 7.86. The Morgan fingerprint density at radius 1 is 1.29 bits per heavy atom. The van der Waals surface area contributed by atoms with E-state index in [0.717, 1.165) is 0 Å². The van der Waals surface area contributed by atoms with Gasteiger partial charge in [0.25, 0.3) is 0 Å². The maximum atomic E-state index is 12.7. The van der Waals surface area contributed by atoms with Gasteiger partial charge < -0.3 is 5.73 Å². The number of halogens is 5. The third-order valence-electron chi connectivity index (χ3n) is 2.80. The summed E-state index contributed by atoms with van der Waals surface area (Å²) in [6.07, 6.45) is -4.72. The SMILES string of the molecule is N#Cc1nn(-c2c(Cl)cc(C(F)(F)F)cc2Cl)c(N)c1S(=O)(=O)O. The Morgan fingerprint density at radius 2 is 1.79 bits per heavy atom. The molecular weight excluding hydrogens is 396 g/mol. The summed E-state index contributed by atoms with van der Waals surface area (Å²) >= 11 is 11.5. The number of aromatic nitrogens is 2. The summed E-state index contributed by atoms with van der Waals surface area (Å²) in [5.74, 6) is -0.738. The van der Waals surface area contributed by atoms with Crippen LogP contribution in [0.25, 0.3) is 5.69 Å². The molecule has 0 aliphatic carbocycles. The summed E-state index contributed by atoms with van der Waals surface area (Å²) in [4.78, 5) is -1.00. The summed E-state index contributed by atoms with van der Waals surface area (Å²) in [6, 6.07) is 2.45. The van der Waals surface area contributed by atoms with Crippen LogP contribution in [0.15, 0.2) is 17.0 Å². The first-order chi connectivity index (χ1) is 10.9. The molecule has 0 spiro atoms. The van der Waals surface area contributed by atoms with Gasteiger partial charge in [-0.3, -0.25) is 4.55 Å². The molecule has 0 aliphatic heterocycles. The number of nitrogen functional groups attached to an aromatic ring is 1. The molecule has 13 heteroatoms. The zero-order valence-electron chi connectivity index (χ0n) is 11.1. The number of benzene rings is 1. The first-order valence-corrected chi connectivity index (χ1v) is 7.90. The Hall–Kier alpha value is -2.00. The van der Waals surface area contributed by atoms with E-state index in [0.29, 0.717) is 16.8 Å². The highest BCUT2D eigenvalue weighted by Crippen LogP contribution is 2.39. The fourth-order valence-corrected chi connectivity index (χ4v) is 3.17. The van der Waals surface area contributed by atoms with Gasteiger partial charge in [0.1, 0.15) is 17.6 Å². The van der Waals surface area contributed by atoms with Crippen molar-refractivity contribution in [1.82, 2.24) is 9.78 Å². The van der Waals surface area contributed by atoms with Crippen LogP contribution in [0.4, 0.5) is 19.0 Å². The van der Waals surface area contributed by atoms with Crippen LogP contribution in [0, 0.1) is 11.3 Å². The molecule has 1 aromatic carbocycles. The first kappa shape index (κ1) is 18.3. The largest absolute Gasteiger partial charge is 0.416 e. The molecule has 3 N–H and O–H groups in total. The third kappa shape index (κ3) is 3.13. The fraction of sp³-hybridized carbons (Fsp3) is 0.0909. The Bertz CT molecular complexity index is 957. The van der Waals surface area contributed by atoms with Crippen LogP contribution in [0.1, 0.15) is 11.3 Å². The predicted molar refractivity (Wildman–Crippen MR) is 77.5 cm³/mol. The van der Waals surface area contributed by atoms with E-state index in [4.69, 9.17) is 38.8 Å². The molecule has 0 bridgehead atoms. The topological polar surface area (TPSA) is 122 Å². The Balaban J connectivity index is 2.80. The zero-order valence-corrected chi connectivity index (χ0v) is 13.5. The summed E-state index contributed by atoms with van der Waals surface area (Å²) in [5.41, 5.74) is 3.22. The van der Waals surface area contributed by atoms with E-state index in [-0.39, 0.29) is 5.69 Å². The minimum absolute atomic E-state index is 0.379. The van der Waals surface area contributed by atoms with Gasteiger partial charge >= 0.3 is 16.3 Å². The summed E-state index contributed by atoms with van der Waals surface area (Å²) in [6.45, 7) is 0. The lowest BCUT2D eigenvalue weighted by Crippen LogP contribution is -2.09. The minimum Gasteiger partial charge on any atom is -0.382 e. The molecule has 128 valence electrons. The third-order valence-corrected chi connectivity index (χ3v) is 4.29. The van der Waals surface area contributed by atoms with Crippen LogP contribution in [0.3, 0.4) is 0 Å². The van der Waals surface area contributed by atoms with Crippen LogP contribution in [-0.2, 0) is 16.3 Å². The monoisotopic (exact) mass is 400 g/mol. The van der Waals surface area contributed by atoms with E-state index in [1.807, 2.05) is 0 Å². The molecule has 0 radical (unpaired) electrons. The smallest absolute Gasteiger partial charge is 0.382 e. The molecule has 7 nitrogen and oxygen atoms in total. The van der Waals surface area contributed by atoms with Gasteiger partial charge in [-0.05, 0) is 12.1 Å². The lowest BCUT2D eigenvalue weighted by atomic mass is 10.2. The molecule has 0 amide bonds. The van der Waals surface area contributed by atoms with Crippen LogP contribution in [0.5, 0.6) is 0 Å². The van der Waals surface area contributed by atoms with Gasteiger partial charge in [0, 0.05) is 0 Å². The lowest BCUT2D eigenvalue weighted by Gasteiger charge is -2.13. The van der Waals surface area contributed by atoms with Gasteiger partial charge in [0.15, 0.2) is 10.6 Å². The molecule has 2 rings (SSSR count). The number of nitrogens with two attached hydrogens (primary N) is 1. The molecule has 24 heavy (non-hydrogen) atoms. The molecule has 0 unspecified atom stereocenters. The predicted octanol–water partition coefficient (Wildman–Crippen LogP) is 2.90. The van der Waals surface area contributed by atoms with Gasteiger partial charge in [-0.25, -0.2) is 4.68 Å². The van der Waals surface area contributed by atoms with Crippen molar-refractivity contribution >= 4 is 39.1 Å². The second-order valence-corrected chi connectivity index (χ2v) is 6.52. The van der Waals surface area contributed by atoms with Crippen molar-refractivity contribution in [3.8, 4) is 11.8 Å². The Kier molecular flexibility index (Phi) is 4.45. The van der Waals surface area contributed by atoms with Gasteiger partial charge in [-0.2, -0.15) is 31.9 Å². The molecule has 0 aliphatic rings. The first-order valence-electron chi connectivity index (χ1n) is 5.70. The number of alkyl halides is 3. The van der Waals surface area contributed by atoms with Gasteiger partial charge in [-0.15, -0.1) is 0 Å². The number of rotatable bonds is 2. The van der Waals surface area contributed by atoms with E-state index in [1.54, 1.807) is 0 Å². The number of hydrogen-bond acceptors (Lipinski definition) is 5. The lowest BCUT2D eigenvalue weighted by molar-refractivity contribution is -0.137. The number of nitrogens with zero attached hydrogens (tertiary/aromatic N) is 3.